The Bertz CT molecular complexity index is 1160. The molecule has 1 aromatic heterocycles. The van der Waals surface area contributed by atoms with E-state index in [0.29, 0.717) is 16.3 Å². The van der Waals surface area contributed by atoms with Gasteiger partial charge in [-0.1, -0.05) is 41.9 Å². The topological polar surface area (TPSA) is 116 Å². The summed E-state index contributed by atoms with van der Waals surface area (Å²) in [6.45, 7) is 0.247. The number of hydrogen-bond donors (Lipinski definition) is 2. The van der Waals surface area contributed by atoms with Gasteiger partial charge in [0, 0.05) is 16.1 Å². The van der Waals surface area contributed by atoms with Gasteiger partial charge >= 0.3 is 0 Å². The Balaban J connectivity index is 2.02. The van der Waals surface area contributed by atoms with Crippen molar-refractivity contribution >= 4 is 17.4 Å². The van der Waals surface area contributed by atoms with E-state index in [9.17, 15) is 15.3 Å². The van der Waals surface area contributed by atoms with Crippen LogP contribution in [0.2, 0.25) is 5.02 Å². The number of anilines is 1. The molecule has 0 aliphatic rings. The third-order valence-electron chi connectivity index (χ3n) is 3.94. The number of rotatable bonds is 4. The highest BCUT2D eigenvalue weighted by atomic mass is 35.5. The van der Waals surface area contributed by atoms with Crippen molar-refractivity contribution in [2.45, 2.75) is 6.61 Å². The van der Waals surface area contributed by atoms with Crippen molar-refractivity contribution in [3.05, 3.63) is 80.6 Å². The van der Waals surface area contributed by atoms with Crippen LogP contribution >= 0.6 is 11.6 Å². The molecule has 0 saturated carbocycles. The summed E-state index contributed by atoms with van der Waals surface area (Å²) in [6.07, 6.45) is 0. The quantitative estimate of drug-likeness (QED) is 0.721. The second kappa shape index (κ2) is 7.65. The molecule has 3 rings (SSSR count). The largest absolute Gasteiger partial charge is 0.489 e. The summed E-state index contributed by atoms with van der Waals surface area (Å²) < 4.78 is 5.78. The van der Waals surface area contributed by atoms with Crippen LogP contribution in [0.5, 0.6) is 5.75 Å². The van der Waals surface area contributed by atoms with Gasteiger partial charge in [-0.05, 0) is 23.8 Å². The minimum atomic E-state index is -0.647. The fraction of sp³-hybridized carbons (Fsp3) is 0.0500. The molecule has 3 N–H and O–H groups in total. The highest BCUT2D eigenvalue weighted by Crippen LogP contribution is 2.30. The SMILES string of the molecule is N#Cc1c(N)[nH]c(=O)c(C#N)c1-c1cccc(OCc2ccccc2Cl)c1. The lowest BCUT2D eigenvalue weighted by molar-refractivity contribution is 0.306. The number of nitrogens with one attached hydrogen (secondary N) is 1. The minimum absolute atomic E-state index is 0.0365. The van der Waals surface area contributed by atoms with Gasteiger partial charge in [0.1, 0.15) is 41.4 Å². The van der Waals surface area contributed by atoms with Crippen molar-refractivity contribution in [1.82, 2.24) is 4.98 Å². The Labute approximate surface area is 160 Å². The molecule has 27 heavy (non-hydrogen) atoms. The number of pyridine rings is 1. The molecule has 0 fully saturated rings. The number of halogens is 1. The van der Waals surface area contributed by atoms with Gasteiger partial charge in [-0.25, -0.2) is 0 Å². The molecule has 132 valence electrons. The molecule has 1 heterocycles. The first-order valence-corrected chi connectivity index (χ1v) is 8.25. The average molecular weight is 377 g/mol. The number of nitriles is 2. The van der Waals surface area contributed by atoms with Gasteiger partial charge < -0.3 is 15.5 Å². The molecule has 0 atom stereocenters. The van der Waals surface area contributed by atoms with E-state index < -0.39 is 5.56 Å². The van der Waals surface area contributed by atoms with Crippen molar-refractivity contribution in [2.75, 3.05) is 5.73 Å². The molecule has 0 spiro atoms. The number of aromatic nitrogens is 1. The molecule has 0 unspecified atom stereocenters. The Morgan fingerprint density at radius 1 is 1.07 bits per heavy atom. The molecule has 0 bridgehead atoms. The summed E-state index contributed by atoms with van der Waals surface area (Å²) in [5, 5.41) is 19.4. The van der Waals surface area contributed by atoms with Crippen LogP contribution in [0.4, 0.5) is 5.82 Å². The number of ether oxygens (including phenoxy) is 1. The van der Waals surface area contributed by atoms with E-state index in [1.807, 2.05) is 30.3 Å². The highest BCUT2D eigenvalue weighted by Gasteiger charge is 2.18. The molecule has 7 heteroatoms. The number of benzene rings is 2. The van der Waals surface area contributed by atoms with Crippen LogP contribution in [0.1, 0.15) is 16.7 Å². The van der Waals surface area contributed by atoms with E-state index >= 15 is 0 Å². The first-order chi connectivity index (χ1) is 13.0. The van der Waals surface area contributed by atoms with E-state index in [0.717, 1.165) is 5.56 Å². The lowest BCUT2D eigenvalue weighted by Gasteiger charge is -2.12. The zero-order chi connectivity index (χ0) is 19.4. The fourth-order valence-corrected chi connectivity index (χ4v) is 2.84. The third kappa shape index (κ3) is 3.62. The van der Waals surface area contributed by atoms with Gasteiger partial charge in [0.15, 0.2) is 0 Å². The second-order valence-electron chi connectivity index (χ2n) is 5.62. The average Bonchev–Trinajstić information content (AvgIpc) is 2.67. The summed E-state index contributed by atoms with van der Waals surface area (Å²) in [4.78, 5) is 14.4. The first-order valence-electron chi connectivity index (χ1n) is 7.87. The standard InChI is InChI=1S/C20H13ClN4O2/c21-17-7-2-1-4-13(17)11-27-14-6-3-5-12(8-14)18-15(9-22)19(24)25-20(26)16(18)10-23/h1-8H,11H2,(H3,24,25,26). The molecule has 3 aromatic rings. The minimum Gasteiger partial charge on any atom is -0.489 e. The number of H-pyrrole nitrogens is 1. The summed E-state index contributed by atoms with van der Waals surface area (Å²) in [5.74, 6) is 0.415. The second-order valence-corrected chi connectivity index (χ2v) is 6.03. The van der Waals surface area contributed by atoms with E-state index in [1.165, 1.54) is 0 Å². The molecule has 0 aliphatic heterocycles. The van der Waals surface area contributed by atoms with E-state index in [4.69, 9.17) is 22.1 Å². The maximum absolute atomic E-state index is 12.1. The highest BCUT2D eigenvalue weighted by molar-refractivity contribution is 6.31. The maximum atomic E-state index is 12.1. The molecule has 6 nitrogen and oxygen atoms in total. The van der Waals surface area contributed by atoms with Crippen molar-refractivity contribution < 1.29 is 4.74 Å². The Kier molecular flexibility index (Phi) is 5.12. The summed E-state index contributed by atoms with van der Waals surface area (Å²) in [6, 6.07) is 17.9. The van der Waals surface area contributed by atoms with E-state index in [-0.39, 0.29) is 29.1 Å². The smallest absolute Gasteiger partial charge is 0.268 e. The maximum Gasteiger partial charge on any atom is 0.268 e. The van der Waals surface area contributed by atoms with Crippen molar-refractivity contribution in [3.8, 4) is 29.0 Å². The lowest BCUT2D eigenvalue weighted by Crippen LogP contribution is -2.16. The lowest BCUT2D eigenvalue weighted by atomic mass is 9.96. The van der Waals surface area contributed by atoms with Gasteiger partial charge in [0.2, 0.25) is 0 Å². The van der Waals surface area contributed by atoms with Crippen LogP contribution in [-0.2, 0) is 6.61 Å². The number of nitrogens with zero attached hydrogens (tertiary/aromatic N) is 2. The van der Waals surface area contributed by atoms with Gasteiger partial charge in [-0.2, -0.15) is 10.5 Å². The van der Waals surface area contributed by atoms with Gasteiger partial charge in [0.25, 0.3) is 5.56 Å². The monoisotopic (exact) mass is 376 g/mol. The molecule has 0 radical (unpaired) electrons. The summed E-state index contributed by atoms with van der Waals surface area (Å²) in [7, 11) is 0. The predicted octanol–water partition coefficient (Wildman–Crippen LogP) is 3.60. The van der Waals surface area contributed by atoms with Crippen LogP contribution in [0.15, 0.2) is 53.3 Å². The molecule has 0 saturated heterocycles. The molecule has 0 aliphatic carbocycles. The molecule has 2 aromatic carbocycles. The zero-order valence-corrected chi connectivity index (χ0v) is 14.7. The Morgan fingerprint density at radius 3 is 2.52 bits per heavy atom. The van der Waals surface area contributed by atoms with E-state index in [1.54, 1.807) is 30.3 Å². The first kappa shape index (κ1) is 18.1. The molecule has 0 amide bonds. The number of nitrogen functional groups attached to an aromatic ring is 1. The van der Waals surface area contributed by atoms with Gasteiger partial charge in [0.05, 0.1) is 0 Å². The van der Waals surface area contributed by atoms with Crippen molar-refractivity contribution in [1.29, 1.82) is 10.5 Å². The van der Waals surface area contributed by atoms with Crippen LogP contribution in [0.3, 0.4) is 0 Å². The normalized spacial score (nSPS) is 10.0. The van der Waals surface area contributed by atoms with Crippen LogP contribution in [0.25, 0.3) is 11.1 Å². The number of hydrogen-bond acceptors (Lipinski definition) is 5. The predicted molar refractivity (Wildman–Crippen MR) is 102 cm³/mol. The Morgan fingerprint density at radius 2 is 1.81 bits per heavy atom. The van der Waals surface area contributed by atoms with E-state index in [2.05, 4.69) is 4.98 Å². The Hall–Kier alpha value is -3.74. The van der Waals surface area contributed by atoms with Crippen molar-refractivity contribution in [3.63, 3.8) is 0 Å². The number of nitrogens with two attached hydrogens (primary N) is 1. The fourth-order valence-electron chi connectivity index (χ4n) is 2.65. The summed E-state index contributed by atoms with van der Waals surface area (Å²) in [5.41, 5.74) is 6.45. The third-order valence-corrected chi connectivity index (χ3v) is 4.31. The summed E-state index contributed by atoms with van der Waals surface area (Å²) >= 11 is 6.13. The van der Waals surface area contributed by atoms with Gasteiger partial charge in [-0.3, -0.25) is 4.79 Å². The van der Waals surface area contributed by atoms with Gasteiger partial charge in [-0.15, -0.1) is 0 Å². The molecular formula is C20H13ClN4O2. The molecular weight excluding hydrogens is 364 g/mol. The van der Waals surface area contributed by atoms with Crippen molar-refractivity contribution in [2.24, 2.45) is 0 Å². The van der Waals surface area contributed by atoms with Crippen LogP contribution < -0.4 is 16.0 Å². The zero-order valence-electron chi connectivity index (χ0n) is 14.0. The van der Waals surface area contributed by atoms with Crippen LogP contribution in [-0.4, -0.2) is 4.98 Å². The number of aromatic amines is 1. The van der Waals surface area contributed by atoms with Crippen LogP contribution in [0, 0.1) is 22.7 Å².